The van der Waals surface area contributed by atoms with E-state index >= 15 is 4.39 Å². The molecule has 0 aliphatic carbocycles. The minimum atomic E-state index is -0.551. The third-order valence-corrected chi connectivity index (χ3v) is 5.87. The predicted molar refractivity (Wildman–Crippen MR) is 121 cm³/mol. The van der Waals surface area contributed by atoms with Crippen LogP contribution in [0, 0.1) is 5.82 Å². The molecule has 3 aromatic rings. The maximum absolute atomic E-state index is 15.0. The van der Waals surface area contributed by atoms with Gasteiger partial charge in [-0.1, -0.05) is 12.1 Å². The molecule has 2 aliphatic heterocycles. The summed E-state index contributed by atoms with van der Waals surface area (Å²) in [5, 5.41) is 2.63. The highest BCUT2D eigenvalue weighted by molar-refractivity contribution is 5.90. The van der Waals surface area contributed by atoms with E-state index in [0.29, 0.717) is 43.6 Å². The number of hydrogen-bond acceptors (Lipinski definition) is 7. The number of halogens is 1. The van der Waals surface area contributed by atoms with Gasteiger partial charge in [0.25, 0.3) is 6.01 Å². The van der Waals surface area contributed by atoms with Crippen LogP contribution in [0.3, 0.4) is 0 Å². The quantitative estimate of drug-likeness (QED) is 0.635. The number of benzene rings is 2. The fraction of sp³-hybridized carbons (Fsp3) is 0.348. The van der Waals surface area contributed by atoms with Crippen LogP contribution in [0.15, 0.2) is 46.9 Å². The van der Waals surface area contributed by atoms with Gasteiger partial charge in [-0.25, -0.2) is 9.18 Å². The number of amides is 2. The molecular formula is C23H24FN5O4. The van der Waals surface area contributed by atoms with Crippen molar-refractivity contribution in [2.24, 2.45) is 0 Å². The van der Waals surface area contributed by atoms with Crippen LogP contribution in [0.1, 0.15) is 6.92 Å². The first kappa shape index (κ1) is 21.0. The van der Waals surface area contributed by atoms with Gasteiger partial charge in [0.1, 0.15) is 17.4 Å². The number of nitrogens with one attached hydrogen (secondary N) is 1. The Morgan fingerprint density at radius 1 is 1.15 bits per heavy atom. The number of aromatic nitrogens is 1. The molecule has 0 radical (unpaired) electrons. The lowest BCUT2D eigenvalue weighted by molar-refractivity contribution is -0.119. The van der Waals surface area contributed by atoms with Crippen LogP contribution < -0.4 is 20.0 Å². The maximum Gasteiger partial charge on any atom is 0.414 e. The largest absolute Gasteiger partial charge is 0.442 e. The molecule has 1 atom stereocenters. The second-order valence-electron chi connectivity index (χ2n) is 8.13. The summed E-state index contributed by atoms with van der Waals surface area (Å²) in [6.07, 6.45) is -1.02. The molecular weight excluding hydrogens is 429 g/mol. The molecule has 0 bridgehead atoms. The molecule has 9 nitrogen and oxygen atoms in total. The Hall–Kier alpha value is -3.82. The highest BCUT2D eigenvalue weighted by Crippen LogP contribution is 2.29. The van der Waals surface area contributed by atoms with Gasteiger partial charge >= 0.3 is 6.09 Å². The molecule has 0 spiro atoms. The van der Waals surface area contributed by atoms with Crippen molar-refractivity contribution in [2.45, 2.75) is 13.0 Å². The Morgan fingerprint density at radius 2 is 1.91 bits per heavy atom. The summed E-state index contributed by atoms with van der Waals surface area (Å²) in [7, 11) is 0. The molecule has 2 aromatic carbocycles. The fourth-order valence-corrected chi connectivity index (χ4v) is 4.15. The number of ether oxygens (including phenoxy) is 1. The highest BCUT2D eigenvalue weighted by atomic mass is 19.1. The molecule has 172 valence electrons. The smallest absolute Gasteiger partial charge is 0.414 e. The van der Waals surface area contributed by atoms with Gasteiger partial charge in [0.05, 0.1) is 24.5 Å². The van der Waals surface area contributed by atoms with E-state index in [1.807, 2.05) is 29.2 Å². The number of para-hydroxylation sites is 2. The van der Waals surface area contributed by atoms with E-state index in [9.17, 15) is 9.59 Å². The minimum absolute atomic E-state index is 0.198. The number of piperazine rings is 1. The summed E-state index contributed by atoms with van der Waals surface area (Å²) in [5.74, 6) is -0.600. The molecule has 3 heterocycles. The Kier molecular flexibility index (Phi) is 5.49. The van der Waals surface area contributed by atoms with Crippen LogP contribution in [0.4, 0.5) is 26.6 Å². The molecule has 1 N–H and O–H groups in total. The van der Waals surface area contributed by atoms with Crippen LogP contribution >= 0.6 is 0 Å². The van der Waals surface area contributed by atoms with Crippen molar-refractivity contribution < 1.29 is 23.1 Å². The molecule has 1 aromatic heterocycles. The SMILES string of the molecule is CC(=O)NC[C@H]1CN(c2ccc(N3CCN(c4nc5ccccc5o4)CC3)c(F)c2)C(=O)O1. The molecule has 5 rings (SSSR count). The van der Waals surface area contributed by atoms with Crippen molar-refractivity contribution in [3.63, 3.8) is 0 Å². The van der Waals surface area contributed by atoms with E-state index in [2.05, 4.69) is 15.2 Å². The average Bonchev–Trinajstić information content (AvgIpc) is 3.41. The Balaban J connectivity index is 1.23. The first-order chi connectivity index (χ1) is 16.0. The van der Waals surface area contributed by atoms with E-state index < -0.39 is 18.0 Å². The number of carbonyl (C=O) groups is 2. The zero-order chi connectivity index (χ0) is 22.9. The molecule has 2 saturated heterocycles. The number of carbonyl (C=O) groups excluding carboxylic acids is 2. The summed E-state index contributed by atoms with van der Waals surface area (Å²) in [6.45, 7) is 4.40. The summed E-state index contributed by atoms with van der Waals surface area (Å²) in [6, 6.07) is 13.0. The van der Waals surface area contributed by atoms with E-state index in [4.69, 9.17) is 9.15 Å². The first-order valence-corrected chi connectivity index (χ1v) is 10.9. The average molecular weight is 453 g/mol. The van der Waals surface area contributed by atoms with Crippen molar-refractivity contribution in [1.29, 1.82) is 0 Å². The summed E-state index contributed by atoms with van der Waals surface area (Å²) in [4.78, 5) is 33.2. The topological polar surface area (TPSA) is 91.2 Å². The van der Waals surface area contributed by atoms with Gasteiger partial charge in [-0.2, -0.15) is 4.98 Å². The number of fused-ring (bicyclic) bond motifs is 1. The third kappa shape index (κ3) is 4.28. The molecule has 0 saturated carbocycles. The van der Waals surface area contributed by atoms with Crippen LogP contribution in [-0.4, -0.2) is 62.4 Å². The van der Waals surface area contributed by atoms with Gasteiger partial charge in [-0.3, -0.25) is 9.69 Å². The molecule has 33 heavy (non-hydrogen) atoms. The molecule has 0 unspecified atom stereocenters. The summed E-state index contributed by atoms with van der Waals surface area (Å²) < 4.78 is 26.1. The second kappa shape index (κ2) is 8.61. The highest BCUT2D eigenvalue weighted by Gasteiger charge is 2.33. The summed E-state index contributed by atoms with van der Waals surface area (Å²) >= 11 is 0. The van der Waals surface area contributed by atoms with Crippen molar-refractivity contribution in [3.8, 4) is 0 Å². The predicted octanol–water partition coefficient (Wildman–Crippen LogP) is 2.75. The third-order valence-electron chi connectivity index (χ3n) is 5.87. The van der Waals surface area contributed by atoms with Gasteiger partial charge in [-0.15, -0.1) is 0 Å². The first-order valence-electron chi connectivity index (χ1n) is 10.9. The van der Waals surface area contributed by atoms with Gasteiger partial charge in [0.15, 0.2) is 5.58 Å². The molecule has 2 fully saturated rings. The van der Waals surface area contributed by atoms with Crippen molar-refractivity contribution in [3.05, 3.63) is 48.3 Å². The monoisotopic (exact) mass is 453 g/mol. The van der Waals surface area contributed by atoms with Crippen LogP contribution in [0.5, 0.6) is 0 Å². The van der Waals surface area contributed by atoms with Crippen molar-refractivity contribution >= 4 is 40.5 Å². The Bertz CT molecular complexity index is 1160. The van der Waals surface area contributed by atoms with Crippen molar-refractivity contribution in [1.82, 2.24) is 10.3 Å². The van der Waals surface area contributed by atoms with Gasteiger partial charge in [0.2, 0.25) is 5.91 Å². The van der Waals surface area contributed by atoms with E-state index in [0.717, 1.165) is 11.1 Å². The zero-order valence-electron chi connectivity index (χ0n) is 18.2. The van der Waals surface area contributed by atoms with Crippen LogP contribution in [-0.2, 0) is 9.53 Å². The number of hydrogen-bond donors (Lipinski definition) is 1. The number of rotatable bonds is 5. The van der Waals surface area contributed by atoms with Gasteiger partial charge in [0, 0.05) is 33.1 Å². The van der Waals surface area contributed by atoms with Crippen LogP contribution in [0.2, 0.25) is 0 Å². The van der Waals surface area contributed by atoms with E-state index in [1.54, 1.807) is 12.1 Å². The minimum Gasteiger partial charge on any atom is -0.442 e. The van der Waals surface area contributed by atoms with E-state index in [-0.39, 0.29) is 19.0 Å². The number of nitrogens with zero attached hydrogens (tertiary/aromatic N) is 4. The fourth-order valence-electron chi connectivity index (χ4n) is 4.15. The van der Waals surface area contributed by atoms with Gasteiger partial charge < -0.3 is 24.3 Å². The molecule has 2 amide bonds. The lowest BCUT2D eigenvalue weighted by atomic mass is 10.2. The number of anilines is 3. The lowest BCUT2D eigenvalue weighted by Crippen LogP contribution is -2.47. The maximum atomic E-state index is 15.0. The van der Waals surface area contributed by atoms with Gasteiger partial charge in [-0.05, 0) is 30.3 Å². The van der Waals surface area contributed by atoms with Crippen LogP contribution in [0.25, 0.3) is 11.1 Å². The number of cyclic esters (lactones) is 1. The molecule has 10 heteroatoms. The lowest BCUT2D eigenvalue weighted by Gasteiger charge is -2.35. The molecule has 2 aliphatic rings. The Labute approximate surface area is 189 Å². The standard InChI is InChI=1S/C23H24FN5O4/c1-15(30)25-13-17-14-29(23(31)32-17)16-6-7-20(18(24)12-16)27-8-10-28(11-9-27)22-26-19-4-2-3-5-21(19)33-22/h2-7,12,17H,8-11,13-14H2,1H3,(H,25,30)/t17-/m0/s1. The second-order valence-corrected chi connectivity index (χ2v) is 8.13. The van der Waals surface area contributed by atoms with E-state index in [1.165, 1.54) is 17.9 Å². The zero-order valence-corrected chi connectivity index (χ0v) is 18.2. The number of oxazole rings is 1. The summed E-state index contributed by atoms with van der Waals surface area (Å²) in [5.41, 5.74) is 2.47. The Morgan fingerprint density at radius 3 is 2.64 bits per heavy atom. The van der Waals surface area contributed by atoms with Crippen molar-refractivity contribution in [2.75, 3.05) is 54.0 Å². The normalized spacial score (nSPS) is 18.7.